The Hall–Kier alpha value is -2.92. The molecule has 0 bridgehead atoms. The maximum atomic E-state index is 13.0. The van der Waals surface area contributed by atoms with Crippen molar-refractivity contribution in [2.24, 2.45) is 0 Å². The third-order valence-electron chi connectivity index (χ3n) is 6.45. The fourth-order valence-corrected chi connectivity index (χ4v) is 4.38. The van der Waals surface area contributed by atoms with Gasteiger partial charge in [-0.15, -0.1) is 0 Å². The van der Waals surface area contributed by atoms with Gasteiger partial charge in [-0.3, -0.25) is 14.7 Å². The number of amides is 1. The van der Waals surface area contributed by atoms with E-state index in [0.29, 0.717) is 18.0 Å². The van der Waals surface area contributed by atoms with Crippen LogP contribution in [-0.4, -0.2) is 28.9 Å². The van der Waals surface area contributed by atoms with Crippen molar-refractivity contribution in [2.45, 2.75) is 59.5 Å². The number of nitrogens with zero attached hydrogens (tertiary/aromatic N) is 2. The molecule has 1 fully saturated rings. The lowest BCUT2D eigenvalue weighted by Gasteiger charge is -2.31. The monoisotopic (exact) mass is 431 g/mol. The second-order valence-corrected chi connectivity index (χ2v) is 9.06. The van der Waals surface area contributed by atoms with Crippen LogP contribution >= 0.6 is 0 Å². The predicted octanol–water partition coefficient (Wildman–Crippen LogP) is 5.22. The highest BCUT2D eigenvalue weighted by Crippen LogP contribution is 2.30. The normalized spacial score (nSPS) is 15.1. The van der Waals surface area contributed by atoms with Crippen molar-refractivity contribution in [3.8, 4) is 0 Å². The fourth-order valence-electron chi connectivity index (χ4n) is 4.38. The largest absolute Gasteiger partial charge is 0.465 e. The Bertz CT molecular complexity index is 1060. The molecule has 4 rings (SSSR count). The SMILES string of the molecule is Cc1ccc(CNC(=O)c2ccc(C)nc2C2CCN(Cc3cc(C)c(C)o3)CC2)cc1. The van der Waals surface area contributed by atoms with E-state index >= 15 is 0 Å². The number of piperidine rings is 1. The molecule has 5 nitrogen and oxygen atoms in total. The molecule has 0 atom stereocenters. The number of hydrogen-bond donors (Lipinski definition) is 1. The summed E-state index contributed by atoms with van der Waals surface area (Å²) in [7, 11) is 0. The number of rotatable bonds is 6. The van der Waals surface area contributed by atoms with Crippen LogP contribution in [0.2, 0.25) is 0 Å². The Morgan fingerprint density at radius 2 is 1.78 bits per heavy atom. The van der Waals surface area contributed by atoms with E-state index in [9.17, 15) is 4.79 Å². The van der Waals surface area contributed by atoms with Crippen molar-refractivity contribution in [2.75, 3.05) is 13.1 Å². The van der Waals surface area contributed by atoms with Crippen LogP contribution in [-0.2, 0) is 13.1 Å². The summed E-state index contributed by atoms with van der Waals surface area (Å²) in [6.45, 7) is 11.5. The van der Waals surface area contributed by atoms with E-state index in [-0.39, 0.29) is 5.91 Å². The van der Waals surface area contributed by atoms with Crippen LogP contribution in [0.5, 0.6) is 0 Å². The highest BCUT2D eigenvalue weighted by Gasteiger charge is 2.26. The van der Waals surface area contributed by atoms with E-state index in [1.807, 2.05) is 26.0 Å². The van der Waals surface area contributed by atoms with Crippen LogP contribution in [0.4, 0.5) is 0 Å². The van der Waals surface area contributed by atoms with Gasteiger partial charge in [0.1, 0.15) is 11.5 Å². The van der Waals surface area contributed by atoms with E-state index in [1.54, 1.807) is 0 Å². The molecule has 1 N–H and O–H groups in total. The van der Waals surface area contributed by atoms with Gasteiger partial charge in [-0.05, 0) is 83.0 Å². The van der Waals surface area contributed by atoms with Gasteiger partial charge in [-0.25, -0.2) is 0 Å². The summed E-state index contributed by atoms with van der Waals surface area (Å²) in [5, 5.41) is 3.08. The molecule has 0 aliphatic carbocycles. The van der Waals surface area contributed by atoms with Gasteiger partial charge in [-0.1, -0.05) is 29.8 Å². The summed E-state index contributed by atoms with van der Waals surface area (Å²) in [5.74, 6) is 2.28. The van der Waals surface area contributed by atoms with Gasteiger partial charge < -0.3 is 9.73 Å². The summed E-state index contributed by atoms with van der Waals surface area (Å²) in [6.07, 6.45) is 1.99. The molecule has 32 heavy (non-hydrogen) atoms. The molecular formula is C27H33N3O2. The molecule has 0 radical (unpaired) electrons. The highest BCUT2D eigenvalue weighted by molar-refractivity contribution is 5.95. The number of likely N-dealkylation sites (tertiary alicyclic amines) is 1. The van der Waals surface area contributed by atoms with E-state index in [1.165, 1.54) is 11.1 Å². The van der Waals surface area contributed by atoms with Gasteiger partial charge in [0.15, 0.2) is 0 Å². The quantitative estimate of drug-likeness (QED) is 0.581. The molecule has 1 aliphatic heterocycles. The first kappa shape index (κ1) is 22.3. The van der Waals surface area contributed by atoms with Crippen LogP contribution in [0, 0.1) is 27.7 Å². The molecule has 5 heteroatoms. The van der Waals surface area contributed by atoms with E-state index in [2.05, 4.69) is 54.4 Å². The van der Waals surface area contributed by atoms with Crippen molar-refractivity contribution < 1.29 is 9.21 Å². The molecule has 1 aliphatic rings. The standard InChI is InChI=1S/C27H33N3O2/c1-18-5-8-22(9-6-18)16-28-27(31)25-10-7-20(3)29-26(25)23-11-13-30(14-12-23)17-24-15-19(2)21(4)32-24/h5-10,15,23H,11-14,16-17H2,1-4H3,(H,28,31). The van der Waals surface area contributed by atoms with Crippen molar-refractivity contribution in [3.63, 3.8) is 0 Å². The number of aryl methyl sites for hydroxylation is 4. The van der Waals surface area contributed by atoms with Gasteiger partial charge >= 0.3 is 0 Å². The van der Waals surface area contributed by atoms with Gasteiger partial charge in [0.25, 0.3) is 5.91 Å². The van der Waals surface area contributed by atoms with E-state index < -0.39 is 0 Å². The first-order valence-electron chi connectivity index (χ1n) is 11.5. The van der Waals surface area contributed by atoms with Crippen LogP contribution in [0.25, 0.3) is 0 Å². The average molecular weight is 432 g/mol. The maximum absolute atomic E-state index is 13.0. The minimum Gasteiger partial charge on any atom is -0.465 e. The molecule has 0 spiro atoms. The number of nitrogens with one attached hydrogen (secondary N) is 1. The molecule has 1 amide bonds. The topological polar surface area (TPSA) is 58.4 Å². The first-order chi connectivity index (χ1) is 15.4. The van der Waals surface area contributed by atoms with Crippen LogP contribution in [0.3, 0.4) is 0 Å². The smallest absolute Gasteiger partial charge is 0.253 e. The minimum absolute atomic E-state index is 0.0444. The van der Waals surface area contributed by atoms with Crippen LogP contribution in [0.1, 0.15) is 68.7 Å². The highest BCUT2D eigenvalue weighted by atomic mass is 16.3. The number of benzene rings is 1. The lowest BCUT2D eigenvalue weighted by molar-refractivity contribution is 0.0948. The second-order valence-electron chi connectivity index (χ2n) is 9.06. The van der Waals surface area contributed by atoms with Gasteiger partial charge in [0.2, 0.25) is 0 Å². The zero-order valence-corrected chi connectivity index (χ0v) is 19.6. The molecule has 1 aromatic carbocycles. The Morgan fingerprint density at radius 1 is 1.06 bits per heavy atom. The Labute approximate surface area is 190 Å². The predicted molar refractivity (Wildman–Crippen MR) is 127 cm³/mol. The molecule has 168 valence electrons. The lowest BCUT2D eigenvalue weighted by atomic mass is 9.89. The molecule has 3 aromatic rings. The molecule has 3 heterocycles. The zero-order valence-electron chi connectivity index (χ0n) is 19.6. The summed E-state index contributed by atoms with van der Waals surface area (Å²) in [4.78, 5) is 20.3. The molecule has 0 saturated carbocycles. The second kappa shape index (κ2) is 9.70. The van der Waals surface area contributed by atoms with Gasteiger partial charge in [-0.2, -0.15) is 0 Å². The Kier molecular flexibility index (Phi) is 6.75. The maximum Gasteiger partial charge on any atom is 0.253 e. The average Bonchev–Trinajstić information content (AvgIpc) is 3.10. The molecule has 1 saturated heterocycles. The zero-order chi connectivity index (χ0) is 22.7. The van der Waals surface area contributed by atoms with Crippen molar-refractivity contribution in [1.82, 2.24) is 15.2 Å². The van der Waals surface area contributed by atoms with Crippen LogP contribution in [0.15, 0.2) is 46.9 Å². The van der Waals surface area contributed by atoms with Gasteiger partial charge in [0, 0.05) is 18.2 Å². The minimum atomic E-state index is -0.0444. The van der Waals surface area contributed by atoms with Gasteiger partial charge in [0.05, 0.1) is 17.8 Å². The molecule has 2 aromatic heterocycles. The summed E-state index contributed by atoms with van der Waals surface area (Å²) >= 11 is 0. The fraction of sp³-hybridized carbons (Fsp3) is 0.407. The Morgan fingerprint density at radius 3 is 2.44 bits per heavy atom. The third-order valence-corrected chi connectivity index (χ3v) is 6.45. The molecular weight excluding hydrogens is 398 g/mol. The van der Waals surface area contributed by atoms with E-state index in [0.717, 1.165) is 60.9 Å². The number of pyridine rings is 1. The first-order valence-corrected chi connectivity index (χ1v) is 11.5. The van der Waals surface area contributed by atoms with Crippen molar-refractivity contribution in [3.05, 3.63) is 87.6 Å². The Balaban J connectivity index is 1.40. The number of carbonyl (C=O) groups excluding carboxylic acids is 1. The van der Waals surface area contributed by atoms with Crippen molar-refractivity contribution >= 4 is 5.91 Å². The van der Waals surface area contributed by atoms with Crippen molar-refractivity contribution in [1.29, 1.82) is 0 Å². The number of furan rings is 1. The number of aromatic nitrogens is 1. The summed E-state index contributed by atoms with van der Waals surface area (Å²) in [6, 6.07) is 14.3. The summed E-state index contributed by atoms with van der Waals surface area (Å²) < 4.78 is 5.86. The van der Waals surface area contributed by atoms with E-state index in [4.69, 9.17) is 9.40 Å². The lowest BCUT2D eigenvalue weighted by Crippen LogP contribution is -2.33. The number of hydrogen-bond acceptors (Lipinski definition) is 4. The molecule has 0 unspecified atom stereocenters. The number of carbonyl (C=O) groups is 1. The third kappa shape index (κ3) is 5.28. The van der Waals surface area contributed by atoms with Crippen LogP contribution < -0.4 is 5.32 Å². The summed E-state index contributed by atoms with van der Waals surface area (Å²) in [5.41, 5.74) is 6.13.